The van der Waals surface area contributed by atoms with E-state index < -0.39 is 5.54 Å². The lowest BCUT2D eigenvalue weighted by molar-refractivity contribution is -0.137. The number of hydrogen-bond acceptors (Lipinski definition) is 3. The van der Waals surface area contributed by atoms with Crippen molar-refractivity contribution in [3.8, 4) is 0 Å². The monoisotopic (exact) mass is 339 g/mol. The van der Waals surface area contributed by atoms with Crippen LogP contribution in [0.3, 0.4) is 0 Å². The highest BCUT2D eigenvalue weighted by Crippen LogP contribution is 2.29. The van der Waals surface area contributed by atoms with Crippen LogP contribution < -0.4 is 5.73 Å². The van der Waals surface area contributed by atoms with Crippen molar-refractivity contribution in [1.82, 2.24) is 9.80 Å². The topological polar surface area (TPSA) is 49.6 Å². The number of hydrogen-bond donors (Lipinski definition) is 1. The van der Waals surface area contributed by atoms with Crippen LogP contribution in [-0.4, -0.2) is 53.5 Å². The van der Waals surface area contributed by atoms with E-state index in [-0.39, 0.29) is 30.7 Å². The second-order valence-electron chi connectivity index (χ2n) is 6.13. The van der Waals surface area contributed by atoms with Gasteiger partial charge in [0, 0.05) is 19.1 Å². The van der Waals surface area contributed by atoms with Crippen LogP contribution in [0.25, 0.3) is 0 Å². The normalized spacial score (nSPS) is 24.4. The van der Waals surface area contributed by atoms with Crippen molar-refractivity contribution in [1.29, 1.82) is 0 Å². The van der Waals surface area contributed by atoms with Crippen LogP contribution in [0.1, 0.15) is 52.4 Å². The van der Waals surface area contributed by atoms with E-state index in [1.165, 1.54) is 6.42 Å². The summed E-state index contributed by atoms with van der Waals surface area (Å²) in [6, 6.07) is 0.533. The summed E-state index contributed by atoms with van der Waals surface area (Å²) in [5, 5.41) is 0. The molecular weight excluding hydrogens is 309 g/mol. The predicted molar refractivity (Wildman–Crippen MR) is 92.4 cm³/mol. The number of carbonyl (C=O) groups is 1. The Hall–Kier alpha value is -0.0300. The van der Waals surface area contributed by atoms with Crippen LogP contribution in [-0.2, 0) is 4.79 Å². The fourth-order valence-corrected chi connectivity index (χ4v) is 3.68. The molecule has 1 heterocycles. The summed E-state index contributed by atoms with van der Waals surface area (Å²) in [6.45, 7) is 8.28. The minimum Gasteiger partial charge on any atom is -0.339 e. The van der Waals surface area contributed by atoms with Crippen LogP contribution in [0.5, 0.6) is 0 Å². The number of carbonyl (C=O) groups excluding carboxylic acids is 1. The number of likely N-dealkylation sites (tertiary alicyclic amines) is 1. The van der Waals surface area contributed by atoms with Gasteiger partial charge in [0.2, 0.25) is 5.91 Å². The van der Waals surface area contributed by atoms with E-state index in [1.54, 1.807) is 0 Å². The highest BCUT2D eigenvalue weighted by Gasteiger charge is 2.41. The molecule has 2 aliphatic rings. The van der Waals surface area contributed by atoms with E-state index in [2.05, 4.69) is 18.7 Å². The number of nitrogens with zero attached hydrogens (tertiary/aromatic N) is 2. The first-order valence-corrected chi connectivity index (χ1v) is 7.93. The smallest absolute Gasteiger partial charge is 0.242 e. The van der Waals surface area contributed by atoms with Gasteiger partial charge < -0.3 is 10.6 Å². The maximum atomic E-state index is 12.6. The number of halogens is 2. The van der Waals surface area contributed by atoms with Gasteiger partial charge in [0.15, 0.2) is 0 Å². The molecule has 1 aliphatic carbocycles. The molecule has 0 radical (unpaired) electrons. The van der Waals surface area contributed by atoms with E-state index in [0.717, 1.165) is 58.3 Å². The third kappa shape index (κ3) is 4.72. The number of amides is 1. The zero-order valence-corrected chi connectivity index (χ0v) is 15.0. The zero-order chi connectivity index (χ0) is 13.9. The summed E-state index contributed by atoms with van der Waals surface area (Å²) in [5.74, 6) is 0.210. The van der Waals surface area contributed by atoms with Crippen molar-refractivity contribution in [2.45, 2.75) is 64.0 Å². The van der Waals surface area contributed by atoms with Gasteiger partial charge in [-0.1, -0.05) is 33.1 Å². The van der Waals surface area contributed by atoms with Gasteiger partial charge in [-0.3, -0.25) is 9.69 Å². The van der Waals surface area contributed by atoms with Gasteiger partial charge in [-0.25, -0.2) is 0 Å². The molecule has 1 atom stereocenters. The zero-order valence-electron chi connectivity index (χ0n) is 13.3. The first kappa shape index (κ1) is 21.0. The summed E-state index contributed by atoms with van der Waals surface area (Å²) < 4.78 is 0. The Morgan fingerprint density at radius 1 is 1.19 bits per heavy atom. The third-order valence-corrected chi connectivity index (χ3v) is 4.95. The summed E-state index contributed by atoms with van der Waals surface area (Å²) >= 11 is 0. The largest absolute Gasteiger partial charge is 0.339 e. The van der Waals surface area contributed by atoms with Crippen LogP contribution in [0.15, 0.2) is 0 Å². The molecule has 2 rings (SSSR count). The molecule has 1 unspecified atom stereocenters. The van der Waals surface area contributed by atoms with E-state index >= 15 is 0 Å². The van der Waals surface area contributed by atoms with Crippen molar-refractivity contribution in [3.63, 3.8) is 0 Å². The fourth-order valence-electron chi connectivity index (χ4n) is 3.68. The maximum absolute atomic E-state index is 12.6. The maximum Gasteiger partial charge on any atom is 0.242 e. The Balaban J connectivity index is 0.00000200. The molecule has 1 amide bonds. The summed E-state index contributed by atoms with van der Waals surface area (Å²) in [4.78, 5) is 17.1. The van der Waals surface area contributed by atoms with E-state index in [1.807, 2.05) is 4.90 Å². The number of rotatable bonds is 4. The Bertz CT molecular complexity index is 318. The van der Waals surface area contributed by atoms with E-state index in [0.29, 0.717) is 6.04 Å². The number of likely N-dealkylation sites (N-methyl/N-ethyl adjacent to an activating group) is 1. The van der Waals surface area contributed by atoms with Gasteiger partial charge in [0.05, 0.1) is 5.54 Å². The molecule has 1 saturated carbocycles. The summed E-state index contributed by atoms with van der Waals surface area (Å²) in [5.41, 5.74) is 5.81. The lowest BCUT2D eigenvalue weighted by atomic mass is 9.81. The van der Waals surface area contributed by atoms with Crippen molar-refractivity contribution in [2.75, 3.05) is 26.2 Å². The molecule has 1 saturated heterocycles. The first-order valence-electron chi connectivity index (χ1n) is 7.93. The van der Waals surface area contributed by atoms with E-state index in [4.69, 9.17) is 5.73 Å². The average Bonchev–Trinajstić information content (AvgIpc) is 2.90. The van der Waals surface area contributed by atoms with Crippen LogP contribution in [0.2, 0.25) is 0 Å². The first-order chi connectivity index (χ1) is 9.10. The molecule has 6 heteroatoms. The minimum atomic E-state index is -0.559. The lowest BCUT2D eigenvalue weighted by Crippen LogP contribution is -2.56. The average molecular weight is 340 g/mol. The highest BCUT2D eigenvalue weighted by molar-refractivity contribution is 5.86. The van der Waals surface area contributed by atoms with Crippen molar-refractivity contribution in [3.05, 3.63) is 0 Å². The minimum absolute atomic E-state index is 0. The van der Waals surface area contributed by atoms with Gasteiger partial charge in [-0.2, -0.15) is 0 Å². The van der Waals surface area contributed by atoms with E-state index in [9.17, 15) is 4.79 Å². The Morgan fingerprint density at radius 3 is 2.29 bits per heavy atom. The second-order valence-corrected chi connectivity index (χ2v) is 6.13. The van der Waals surface area contributed by atoms with Crippen molar-refractivity contribution < 1.29 is 4.79 Å². The van der Waals surface area contributed by atoms with Gasteiger partial charge in [0.1, 0.15) is 0 Å². The quantitative estimate of drug-likeness (QED) is 0.855. The number of nitrogens with two attached hydrogens (primary N) is 1. The molecule has 0 aromatic carbocycles. The molecule has 2 fully saturated rings. The van der Waals surface area contributed by atoms with Crippen molar-refractivity contribution >= 4 is 30.7 Å². The second kappa shape index (κ2) is 9.19. The summed E-state index contributed by atoms with van der Waals surface area (Å²) in [6.07, 6.45) is 6.29. The summed E-state index contributed by atoms with van der Waals surface area (Å²) in [7, 11) is 0. The highest BCUT2D eigenvalue weighted by atomic mass is 35.5. The van der Waals surface area contributed by atoms with Gasteiger partial charge in [-0.05, 0) is 32.4 Å². The fraction of sp³-hybridized carbons (Fsp3) is 0.933. The predicted octanol–water partition coefficient (Wildman–Crippen LogP) is 2.43. The molecule has 21 heavy (non-hydrogen) atoms. The van der Waals surface area contributed by atoms with Gasteiger partial charge >= 0.3 is 0 Å². The Kier molecular flexibility index (Phi) is 9.17. The molecule has 0 aromatic rings. The molecular formula is C15H31Cl2N3O. The standard InChI is InChI=1S/C15H29N3O.2ClH/c1-3-17(4-2)13-8-11-18(12-13)14(19)15(16)9-6-5-7-10-15;;/h13H,3-12,16H2,1-2H3;2*1H. The molecule has 0 bridgehead atoms. The molecule has 0 aromatic heterocycles. The molecule has 2 N–H and O–H groups in total. The SMILES string of the molecule is CCN(CC)C1CCN(C(=O)C2(N)CCCCC2)C1.Cl.Cl. The van der Waals surface area contributed by atoms with Crippen LogP contribution in [0, 0.1) is 0 Å². The molecule has 0 spiro atoms. The van der Waals surface area contributed by atoms with Crippen LogP contribution >= 0.6 is 24.8 Å². The lowest BCUT2D eigenvalue weighted by Gasteiger charge is -2.35. The van der Waals surface area contributed by atoms with Gasteiger partial charge in [0.25, 0.3) is 0 Å². The van der Waals surface area contributed by atoms with Gasteiger partial charge in [-0.15, -0.1) is 24.8 Å². The van der Waals surface area contributed by atoms with Crippen molar-refractivity contribution in [2.24, 2.45) is 5.73 Å². The Morgan fingerprint density at radius 2 is 1.76 bits per heavy atom. The van der Waals surface area contributed by atoms with Crippen LogP contribution in [0.4, 0.5) is 0 Å². The molecule has 4 nitrogen and oxygen atoms in total. The Labute approximate surface area is 141 Å². The molecule has 1 aliphatic heterocycles. The third-order valence-electron chi connectivity index (χ3n) is 4.95. The molecule has 126 valence electrons.